The van der Waals surface area contributed by atoms with Crippen molar-refractivity contribution in [1.29, 1.82) is 0 Å². The van der Waals surface area contributed by atoms with Gasteiger partial charge in [-0.25, -0.2) is 15.0 Å². The van der Waals surface area contributed by atoms with Crippen LogP contribution in [0.3, 0.4) is 0 Å². The summed E-state index contributed by atoms with van der Waals surface area (Å²) in [5.74, 6) is 0.546. The van der Waals surface area contributed by atoms with Gasteiger partial charge in [0.15, 0.2) is 17.2 Å². The number of hydrogen-bond donors (Lipinski definition) is 2. The van der Waals surface area contributed by atoms with Crippen molar-refractivity contribution in [2.45, 2.75) is 12.8 Å². The number of amides is 1. The Balaban J connectivity index is 1.63. The Labute approximate surface area is 166 Å². The van der Waals surface area contributed by atoms with E-state index in [1.807, 2.05) is 30.3 Å². The van der Waals surface area contributed by atoms with Gasteiger partial charge in [-0.05, 0) is 37.0 Å². The lowest BCUT2D eigenvalue weighted by Gasteiger charge is -2.12. The molecular formula is C21H18N6O2. The topological polar surface area (TPSA) is 120 Å². The molecule has 1 aliphatic carbocycles. The van der Waals surface area contributed by atoms with Gasteiger partial charge in [0.05, 0.1) is 11.7 Å². The van der Waals surface area contributed by atoms with E-state index in [0.29, 0.717) is 23.9 Å². The van der Waals surface area contributed by atoms with E-state index < -0.39 is 0 Å². The molecule has 0 bridgehead atoms. The molecule has 0 spiro atoms. The molecule has 0 unspecified atom stereocenters. The van der Waals surface area contributed by atoms with Crippen molar-refractivity contribution in [1.82, 2.24) is 25.3 Å². The minimum absolute atomic E-state index is 0.0395. The average Bonchev–Trinajstić information content (AvgIpc) is 3.42. The molecule has 3 heterocycles. The van der Waals surface area contributed by atoms with Gasteiger partial charge in [0.25, 0.3) is 5.91 Å². The summed E-state index contributed by atoms with van der Waals surface area (Å²) < 4.78 is 5.43. The predicted molar refractivity (Wildman–Crippen MR) is 108 cm³/mol. The van der Waals surface area contributed by atoms with Gasteiger partial charge in [0.2, 0.25) is 5.89 Å². The summed E-state index contributed by atoms with van der Waals surface area (Å²) in [4.78, 5) is 30.2. The molecule has 0 aliphatic heterocycles. The summed E-state index contributed by atoms with van der Waals surface area (Å²) in [6.07, 6.45) is 7.00. The van der Waals surface area contributed by atoms with Crippen LogP contribution in [0.4, 0.5) is 5.82 Å². The van der Waals surface area contributed by atoms with Crippen molar-refractivity contribution >= 4 is 22.6 Å². The number of oxazole rings is 1. The molecule has 1 aliphatic rings. The van der Waals surface area contributed by atoms with E-state index in [9.17, 15) is 4.79 Å². The fourth-order valence-corrected chi connectivity index (χ4v) is 3.17. The Bertz CT molecular complexity index is 1200. The van der Waals surface area contributed by atoms with Crippen LogP contribution in [0, 0.1) is 5.92 Å². The van der Waals surface area contributed by atoms with Gasteiger partial charge >= 0.3 is 0 Å². The number of nitrogens with one attached hydrogen (secondary N) is 1. The van der Waals surface area contributed by atoms with Crippen molar-refractivity contribution in [3.63, 3.8) is 0 Å². The molecule has 1 amide bonds. The second kappa shape index (κ2) is 6.97. The number of nitrogen functional groups attached to an aromatic ring is 1. The zero-order valence-electron chi connectivity index (χ0n) is 15.5. The standard InChI is InChI=1S/C21H18N6O2/c22-19-18(20(28)25-11-12-3-4-12)26-16(17(27-19)21-24-8-9-29-21)14-5-6-15-13(10-14)2-1-7-23-15/h1-2,5-10,12H,3-4,11H2,(H2,22,27)(H,25,28). The number of nitrogens with zero attached hydrogens (tertiary/aromatic N) is 4. The summed E-state index contributed by atoms with van der Waals surface area (Å²) >= 11 is 0. The fourth-order valence-electron chi connectivity index (χ4n) is 3.17. The van der Waals surface area contributed by atoms with E-state index in [1.165, 1.54) is 12.5 Å². The lowest BCUT2D eigenvalue weighted by molar-refractivity contribution is 0.0947. The zero-order chi connectivity index (χ0) is 19.8. The molecule has 1 saturated carbocycles. The number of nitrogens with two attached hydrogens (primary N) is 1. The number of carbonyl (C=O) groups is 1. The third-order valence-electron chi connectivity index (χ3n) is 4.90. The van der Waals surface area contributed by atoms with Crippen LogP contribution in [0.5, 0.6) is 0 Å². The van der Waals surface area contributed by atoms with Crippen molar-refractivity contribution in [3.05, 3.63) is 54.7 Å². The Hall–Kier alpha value is -3.81. The first-order valence-electron chi connectivity index (χ1n) is 9.40. The molecule has 4 aromatic rings. The first-order valence-corrected chi connectivity index (χ1v) is 9.40. The van der Waals surface area contributed by atoms with E-state index >= 15 is 0 Å². The van der Waals surface area contributed by atoms with E-state index in [4.69, 9.17) is 10.2 Å². The number of aromatic nitrogens is 4. The molecule has 3 aromatic heterocycles. The highest BCUT2D eigenvalue weighted by atomic mass is 16.3. The normalized spacial score (nSPS) is 13.5. The van der Waals surface area contributed by atoms with Crippen molar-refractivity contribution in [2.75, 3.05) is 12.3 Å². The van der Waals surface area contributed by atoms with Crippen LogP contribution in [-0.2, 0) is 0 Å². The Kier molecular flexibility index (Phi) is 4.16. The second-order valence-corrected chi connectivity index (χ2v) is 7.06. The van der Waals surface area contributed by atoms with Crippen LogP contribution in [0.15, 0.2) is 53.4 Å². The van der Waals surface area contributed by atoms with E-state index in [1.54, 1.807) is 6.20 Å². The number of benzene rings is 1. The lowest BCUT2D eigenvalue weighted by Crippen LogP contribution is -2.28. The molecule has 29 heavy (non-hydrogen) atoms. The minimum atomic E-state index is -0.329. The van der Waals surface area contributed by atoms with Crippen molar-refractivity contribution < 1.29 is 9.21 Å². The quantitative estimate of drug-likeness (QED) is 0.541. The van der Waals surface area contributed by atoms with Crippen LogP contribution in [-0.4, -0.2) is 32.4 Å². The zero-order valence-corrected chi connectivity index (χ0v) is 15.5. The van der Waals surface area contributed by atoms with Gasteiger partial charge in [-0.2, -0.15) is 0 Å². The highest BCUT2D eigenvalue weighted by molar-refractivity contribution is 5.98. The predicted octanol–water partition coefficient (Wildman–Crippen LogP) is 3.07. The number of anilines is 1. The molecule has 144 valence electrons. The van der Waals surface area contributed by atoms with Gasteiger partial charge in [-0.3, -0.25) is 9.78 Å². The van der Waals surface area contributed by atoms with E-state index in [2.05, 4.69) is 25.3 Å². The summed E-state index contributed by atoms with van der Waals surface area (Å²) in [6, 6.07) is 9.56. The number of fused-ring (bicyclic) bond motifs is 1. The lowest BCUT2D eigenvalue weighted by atomic mass is 10.1. The van der Waals surface area contributed by atoms with Crippen LogP contribution in [0.1, 0.15) is 23.3 Å². The van der Waals surface area contributed by atoms with Gasteiger partial charge < -0.3 is 15.5 Å². The molecule has 3 N–H and O–H groups in total. The van der Waals surface area contributed by atoms with Gasteiger partial charge in [-0.15, -0.1) is 0 Å². The average molecular weight is 386 g/mol. The Morgan fingerprint density at radius 2 is 2.03 bits per heavy atom. The maximum atomic E-state index is 12.6. The summed E-state index contributed by atoms with van der Waals surface area (Å²) in [7, 11) is 0. The largest absolute Gasteiger partial charge is 0.443 e. The molecule has 8 nitrogen and oxygen atoms in total. The number of pyridine rings is 1. The summed E-state index contributed by atoms with van der Waals surface area (Å²) in [6.45, 7) is 0.623. The Morgan fingerprint density at radius 1 is 1.14 bits per heavy atom. The molecule has 0 atom stereocenters. The summed E-state index contributed by atoms with van der Waals surface area (Å²) in [5, 5.41) is 3.84. The van der Waals surface area contributed by atoms with Gasteiger partial charge in [0, 0.05) is 23.7 Å². The van der Waals surface area contributed by atoms with Crippen LogP contribution < -0.4 is 11.1 Å². The summed E-state index contributed by atoms with van der Waals surface area (Å²) in [5.41, 5.74) is 8.66. The van der Waals surface area contributed by atoms with E-state index in [0.717, 1.165) is 29.3 Å². The fraction of sp³-hybridized carbons (Fsp3) is 0.190. The molecule has 1 aromatic carbocycles. The van der Waals surface area contributed by atoms with Crippen molar-refractivity contribution in [3.8, 4) is 22.8 Å². The maximum Gasteiger partial charge on any atom is 0.273 e. The second-order valence-electron chi connectivity index (χ2n) is 7.06. The number of hydrogen-bond acceptors (Lipinski definition) is 7. The SMILES string of the molecule is Nc1nc(-c2ncco2)c(-c2ccc3ncccc3c2)nc1C(=O)NCC1CC1. The number of rotatable bonds is 5. The smallest absolute Gasteiger partial charge is 0.273 e. The van der Waals surface area contributed by atoms with E-state index in [-0.39, 0.29) is 23.3 Å². The third kappa shape index (κ3) is 3.40. The highest BCUT2D eigenvalue weighted by Crippen LogP contribution is 2.32. The highest BCUT2D eigenvalue weighted by Gasteiger charge is 2.25. The van der Waals surface area contributed by atoms with Gasteiger partial charge in [0.1, 0.15) is 12.0 Å². The van der Waals surface area contributed by atoms with Gasteiger partial charge in [-0.1, -0.05) is 12.1 Å². The molecule has 1 fully saturated rings. The molecular weight excluding hydrogens is 368 g/mol. The van der Waals surface area contributed by atoms with Crippen LogP contribution in [0.25, 0.3) is 33.7 Å². The Morgan fingerprint density at radius 3 is 2.83 bits per heavy atom. The molecule has 0 saturated heterocycles. The van der Waals surface area contributed by atoms with Crippen LogP contribution in [0.2, 0.25) is 0 Å². The molecule has 0 radical (unpaired) electrons. The minimum Gasteiger partial charge on any atom is -0.443 e. The third-order valence-corrected chi connectivity index (χ3v) is 4.90. The first kappa shape index (κ1) is 17.3. The molecule has 5 rings (SSSR count). The first-order chi connectivity index (χ1) is 14.2. The number of carbonyl (C=O) groups excluding carboxylic acids is 1. The molecule has 8 heteroatoms. The van der Waals surface area contributed by atoms with Crippen molar-refractivity contribution in [2.24, 2.45) is 5.92 Å². The monoisotopic (exact) mass is 386 g/mol. The van der Waals surface area contributed by atoms with Crippen LogP contribution >= 0.6 is 0 Å². The maximum absolute atomic E-state index is 12.6.